The van der Waals surface area contributed by atoms with E-state index in [4.69, 9.17) is 0 Å². The predicted molar refractivity (Wildman–Crippen MR) is 153 cm³/mol. The SMILES string of the molecule is CCCCCCCCCCCCCCCCCCN1c2c(ccc3ccccc23)C(C)(C)C1C. The second kappa shape index (κ2) is 14.2. The fourth-order valence-electron chi connectivity index (χ4n) is 6.03. The van der Waals surface area contributed by atoms with Crippen LogP contribution in [0.3, 0.4) is 0 Å². The zero-order chi connectivity index (χ0) is 24.2. The first-order chi connectivity index (χ1) is 16.6. The van der Waals surface area contributed by atoms with Gasteiger partial charge in [0.1, 0.15) is 0 Å². The molecule has 2 aromatic rings. The van der Waals surface area contributed by atoms with Gasteiger partial charge in [-0.2, -0.15) is 0 Å². The minimum Gasteiger partial charge on any atom is -0.367 e. The number of rotatable bonds is 17. The number of hydrogen-bond acceptors (Lipinski definition) is 1. The fourth-order valence-corrected chi connectivity index (χ4v) is 6.03. The van der Waals surface area contributed by atoms with E-state index in [1.807, 2.05) is 0 Å². The first kappa shape index (κ1) is 27.1. The highest BCUT2D eigenvalue weighted by molar-refractivity contribution is 5.98. The van der Waals surface area contributed by atoms with E-state index in [-0.39, 0.29) is 5.41 Å². The van der Waals surface area contributed by atoms with Crippen LogP contribution in [0, 0.1) is 0 Å². The Labute approximate surface area is 211 Å². The molecule has 0 bridgehead atoms. The first-order valence-corrected chi connectivity index (χ1v) is 14.9. The van der Waals surface area contributed by atoms with Gasteiger partial charge in [-0.05, 0) is 24.3 Å². The average molecular weight is 464 g/mol. The third-order valence-corrected chi connectivity index (χ3v) is 8.65. The number of unbranched alkanes of at least 4 members (excludes halogenated alkanes) is 15. The molecular weight excluding hydrogens is 410 g/mol. The zero-order valence-corrected chi connectivity index (χ0v) is 23.0. The molecule has 0 fully saturated rings. The summed E-state index contributed by atoms with van der Waals surface area (Å²) < 4.78 is 0. The minimum absolute atomic E-state index is 0.217. The molecule has 34 heavy (non-hydrogen) atoms. The Morgan fingerprint density at radius 2 is 1.15 bits per heavy atom. The molecule has 0 saturated carbocycles. The molecule has 0 N–H and O–H groups in total. The Balaban J connectivity index is 1.28. The van der Waals surface area contributed by atoms with E-state index in [9.17, 15) is 0 Å². The minimum atomic E-state index is 0.217. The summed E-state index contributed by atoms with van der Waals surface area (Å²) >= 11 is 0. The summed E-state index contributed by atoms with van der Waals surface area (Å²) in [7, 11) is 0. The molecule has 190 valence electrons. The van der Waals surface area contributed by atoms with E-state index in [1.165, 1.54) is 131 Å². The van der Waals surface area contributed by atoms with Crippen LogP contribution in [-0.2, 0) is 5.41 Å². The van der Waals surface area contributed by atoms with Gasteiger partial charge in [0.05, 0.1) is 0 Å². The van der Waals surface area contributed by atoms with E-state index in [0.717, 1.165) is 0 Å². The second-order valence-electron chi connectivity index (χ2n) is 11.6. The molecule has 0 saturated heterocycles. The van der Waals surface area contributed by atoms with Crippen molar-refractivity contribution in [2.24, 2.45) is 0 Å². The molecule has 0 radical (unpaired) electrons. The van der Waals surface area contributed by atoms with Gasteiger partial charge in [-0.15, -0.1) is 0 Å². The van der Waals surface area contributed by atoms with Gasteiger partial charge in [0, 0.05) is 29.1 Å². The summed E-state index contributed by atoms with van der Waals surface area (Å²) in [6, 6.07) is 14.2. The van der Waals surface area contributed by atoms with Gasteiger partial charge >= 0.3 is 0 Å². The highest BCUT2D eigenvalue weighted by Gasteiger charge is 2.42. The summed E-state index contributed by atoms with van der Waals surface area (Å²) in [5, 5.41) is 2.82. The van der Waals surface area contributed by atoms with Crippen LogP contribution in [-0.4, -0.2) is 12.6 Å². The molecule has 0 aromatic heterocycles. The quantitative estimate of drug-likeness (QED) is 0.211. The van der Waals surface area contributed by atoms with Crippen molar-refractivity contribution < 1.29 is 0 Å². The summed E-state index contributed by atoms with van der Waals surface area (Å²) in [4.78, 5) is 2.72. The van der Waals surface area contributed by atoms with Crippen molar-refractivity contribution in [3.63, 3.8) is 0 Å². The Kier molecular flexibility index (Phi) is 11.3. The summed E-state index contributed by atoms with van der Waals surface area (Å²) in [5.41, 5.74) is 3.26. The lowest BCUT2D eigenvalue weighted by atomic mass is 9.81. The lowest BCUT2D eigenvalue weighted by Crippen LogP contribution is -2.39. The van der Waals surface area contributed by atoms with Crippen LogP contribution in [0.25, 0.3) is 10.8 Å². The molecule has 0 amide bonds. The molecule has 0 spiro atoms. The molecule has 1 nitrogen and oxygen atoms in total. The van der Waals surface area contributed by atoms with Crippen molar-refractivity contribution in [3.8, 4) is 0 Å². The molecule has 3 rings (SSSR count). The van der Waals surface area contributed by atoms with Crippen LogP contribution in [0.15, 0.2) is 36.4 Å². The number of hydrogen-bond donors (Lipinski definition) is 0. The third-order valence-electron chi connectivity index (χ3n) is 8.65. The standard InChI is InChI=1S/C33H53N/c1-5-6-7-8-9-10-11-12-13-14-15-16-17-18-19-22-27-34-28(2)33(3,4)31-26-25-29-23-20-21-24-30(29)32(31)34/h20-21,23-26,28H,5-19,22,27H2,1-4H3. The smallest absolute Gasteiger partial charge is 0.0487 e. The maximum atomic E-state index is 2.72. The molecule has 2 aromatic carbocycles. The van der Waals surface area contributed by atoms with Gasteiger partial charge in [-0.25, -0.2) is 0 Å². The van der Waals surface area contributed by atoms with Crippen LogP contribution in [0.4, 0.5) is 5.69 Å². The predicted octanol–water partition coefficient (Wildman–Crippen LogP) is 10.6. The Morgan fingerprint density at radius 3 is 1.71 bits per heavy atom. The molecule has 1 heterocycles. The van der Waals surface area contributed by atoms with E-state index >= 15 is 0 Å². The van der Waals surface area contributed by atoms with Crippen LogP contribution < -0.4 is 4.90 Å². The van der Waals surface area contributed by atoms with E-state index in [1.54, 1.807) is 0 Å². The first-order valence-electron chi connectivity index (χ1n) is 14.9. The van der Waals surface area contributed by atoms with Gasteiger partial charge in [-0.3, -0.25) is 0 Å². The lowest BCUT2D eigenvalue weighted by molar-refractivity contribution is 0.436. The topological polar surface area (TPSA) is 3.24 Å². The number of nitrogens with zero attached hydrogens (tertiary/aromatic N) is 1. The largest absolute Gasteiger partial charge is 0.367 e. The maximum absolute atomic E-state index is 2.72. The molecule has 1 unspecified atom stereocenters. The third kappa shape index (κ3) is 7.25. The molecule has 1 atom stereocenters. The van der Waals surface area contributed by atoms with Crippen molar-refractivity contribution >= 4 is 16.5 Å². The molecule has 0 aliphatic carbocycles. The number of benzene rings is 2. The Hall–Kier alpha value is -1.50. The van der Waals surface area contributed by atoms with Crippen LogP contribution in [0.2, 0.25) is 0 Å². The van der Waals surface area contributed by atoms with Crippen LogP contribution >= 0.6 is 0 Å². The van der Waals surface area contributed by atoms with Gasteiger partial charge < -0.3 is 4.90 Å². The van der Waals surface area contributed by atoms with Gasteiger partial charge in [-0.1, -0.05) is 153 Å². The number of anilines is 1. The fraction of sp³-hybridized carbons (Fsp3) is 0.697. The zero-order valence-electron chi connectivity index (χ0n) is 23.0. The molecular formula is C33H53N. The highest BCUT2D eigenvalue weighted by Crippen LogP contribution is 2.48. The van der Waals surface area contributed by atoms with E-state index in [0.29, 0.717) is 6.04 Å². The van der Waals surface area contributed by atoms with Crippen molar-refractivity contribution in [1.29, 1.82) is 0 Å². The Bertz CT molecular complexity index is 836. The highest BCUT2D eigenvalue weighted by atomic mass is 15.2. The average Bonchev–Trinajstić information content (AvgIpc) is 3.04. The van der Waals surface area contributed by atoms with Crippen molar-refractivity contribution in [3.05, 3.63) is 42.0 Å². The van der Waals surface area contributed by atoms with Crippen LogP contribution in [0.1, 0.15) is 136 Å². The van der Waals surface area contributed by atoms with Gasteiger partial charge in [0.25, 0.3) is 0 Å². The molecule has 1 aliphatic heterocycles. The monoisotopic (exact) mass is 463 g/mol. The van der Waals surface area contributed by atoms with E-state index < -0.39 is 0 Å². The maximum Gasteiger partial charge on any atom is 0.0487 e. The van der Waals surface area contributed by atoms with Crippen molar-refractivity contribution in [2.75, 3.05) is 11.4 Å². The van der Waals surface area contributed by atoms with Crippen molar-refractivity contribution in [1.82, 2.24) is 0 Å². The normalized spacial score (nSPS) is 16.9. The summed E-state index contributed by atoms with van der Waals surface area (Å²) in [6.07, 6.45) is 22.9. The molecule has 1 aliphatic rings. The van der Waals surface area contributed by atoms with E-state index in [2.05, 4.69) is 69.0 Å². The Morgan fingerprint density at radius 1 is 0.647 bits per heavy atom. The van der Waals surface area contributed by atoms with Gasteiger partial charge in [0.15, 0.2) is 0 Å². The van der Waals surface area contributed by atoms with Gasteiger partial charge in [0.2, 0.25) is 0 Å². The van der Waals surface area contributed by atoms with Crippen LogP contribution in [0.5, 0.6) is 0 Å². The second-order valence-corrected chi connectivity index (χ2v) is 11.6. The summed E-state index contributed by atoms with van der Waals surface area (Å²) in [6.45, 7) is 10.8. The number of fused-ring (bicyclic) bond motifs is 3. The van der Waals surface area contributed by atoms with Crippen molar-refractivity contribution in [2.45, 2.75) is 142 Å². The molecule has 1 heteroatoms. The lowest BCUT2D eigenvalue weighted by Gasteiger charge is -2.31. The summed E-state index contributed by atoms with van der Waals surface area (Å²) in [5.74, 6) is 0.